The van der Waals surface area contributed by atoms with Crippen molar-refractivity contribution in [3.8, 4) is 0 Å². The lowest BCUT2D eigenvalue weighted by Gasteiger charge is -2.28. The lowest BCUT2D eigenvalue weighted by Crippen LogP contribution is -2.43. The zero-order valence-corrected chi connectivity index (χ0v) is 16.8. The van der Waals surface area contributed by atoms with E-state index < -0.39 is 17.5 Å². The van der Waals surface area contributed by atoms with Crippen molar-refractivity contribution in [2.45, 2.75) is 103 Å². The van der Waals surface area contributed by atoms with Gasteiger partial charge in [0.25, 0.3) is 0 Å². The van der Waals surface area contributed by atoms with Crippen LogP contribution < -0.4 is 0 Å². The molecule has 0 aliphatic rings. The van der Waals surface area contributed by atoms with Gasteiger partial charge in [-0.05, 0) is 44.9 Å². The van der Waals surface area contributed by atoms with Gasteiger partial charge in [-0.3, -0.25) is 0 Å². The van der Waals surface area contributed by atoms with Gasteiger partial charge in [-0.2, -0.15) is 0 Å². The van der Waals surface area contributed by atoms with E-state index in [0.717, 1.165) is 38.2 Å². The number of carboxylic acid groups (broad SMARTS) is 1. The molecule has 0 rings (SSSR count). The minimum atomic E-state index is -1.40. The van der Waals surface area contributed by atoms with Gasteiger partial charge >= 0.3 is 11.9 Å². The predicted molar refractivity (Wildman–Crippen MR) is 107 cm³/mol. The number of hydrogen-bond acceptors (Lipinski definition) is 3. The second-order valence-corrected chi connectivity index (χ2v) is 6.95. The molecule has 0 saturated carbocycles. The molecular weight excluding hydrogens is 328 g/mol. The van der Waals surface area contributed by atoms with Gasteiger partial charge in [-0.15, -0.1) is 0 Å². The van der Waals surface area contributed by atoms with Gasteiger partial charge in [0.2, 0.25) is 5.60 Å². The molecule has 1 unspecified atom stereocenters. The van der Waals surface area contributed by atoms with Gasteiger partial charge in [-0.1, -0.05) is 71.1 Å². The van der Waals surface area contributed by atoms with Crippen LogP contribution in [0.15, 0.2) is 24.8 Å². The molecule has 1 N–H and O–H groups in total. The number of rotatable bonds is 17. The Morgan fingerprint density at radius 1 is 0.885 bits per heavy atom. The van der Waals surface area contributed by atoms with Crippen molar-refractivity contribution in [3.63, 3.8) is 0 Å². The zero-order chi connectivity index (χ0) is 19.7. The Hall–Kier alpha value is -1.58. The van der Waals surface area contributed by atoms with Gasteiger partial charge in [0.05, 0.1) is 0 Å². The van der Waals surface area contributed by atoms with E-state index in [1.54, 1.807) is 0 Å². The highest BCUT2D eigenvalue weighted by molar-refractivity contribution is 5.86. The highest BCUT2D eigenvalue weighted by atomic mass is 16.6. The Morgan fingerprint density at radius 3 is 1.96 bits per heavy atom. The van der Waals surface area contributed by atoms with Crippen molar-refractivity contribution in [2.75, 3.05) is 0 Å². The third kappa shape index (κ3) is 11.1. The molecular formula is C22H38O4. The quantitative estimate of drug-likeness (QED) is 0.144. The first-order chi connectivity index (χ1) is 12.5. The molecule has 0 spiro atoms. The van der Waals surface area contributed by atoms with E-state index in [1.807, 2.05) is 6.92 Å². The van der Waals surface area contributed by atoms with Gasteiger partial charge < -0.3 is 9.84 Å². The summed E-state index contributed by atoms with van der Waals surface area (Å²) in [6.45, 7) is 7.48. The minimum absolute atomic E-state index is 0.336. The number of allylic oxidation sites excluding steroid dienone is 2. The average molecular weight is 367 g/mol. The molecule has 0 aliphatic heterocycles. The molecule has 0 aromatic heterocycles. The molecule has 0 radical (unpaired) electrons. The molecule has 4 heteroatoms. The number of carbonyl (C=O) groups is 2. The van der Waals surface area contributed by atoms with E-state index in [1.165, 1.54) is 32.1 Å². The van der Waals surface area contributed by atoms with Crippen LogP contribution in [0.2, 0.25) is 0 Å². The number of aliphatic carboxylic acids is 1. The van der Waals surface area contributed by atoms with Crippen molar-refractivity contribution in [3.05, 3.63) is 24.8 Å². The zero-order valence-electron chi connectivity index (χ0n) is 16.8. The normalized spacial score (nSPS) is 13.5. The van der Waals surface area contributed by atoms with E-state index in [9.17, 15) is 14.7 Å². The first-order valence-corrected chi connectivity index (χ1v) is 10.3. The Kier molecular flexibility index (Phi) is 14.7. The van der Waals surface area contributed by atoms with E-state index in [4.69, 9.17) is 4.74 Å². The second kappa shape index (κ2) is 15.7. The van der Waals surface area contributed by atoms with Gasteiger partial charge in [-0.25, -0.2) is 9.59 Å². The van der Waals surface area contributed by atoms with Crippen LogP contribution in [-0.2, 0) is 14.3 Å². The SMILES string of the molecule is C=CC(=O)OC(CCC)(CCCCCC/C=C\CCCCCC)C(=O)O. The highest BCUT2D eigenvalue weighted by Crippen LogP contribution is 2.27. The third-order valence-electron chi connectivity index (χ3n) is 4.60. The molecule has 0 bridgehead atoms. The summed E-state index contributed by atoms with van der Waals surface area (Å²) in [7, 11) is 0. The second-order valence-electron chi connectivity index (χ2n) is 6.95. The van der Waals surface area contributed by atoms with E-state index >= 15 is 0 Å². The van der Waals surface area contributed by atoms with Crippen LogP contribution in [0.5, 0.6) is 0 Å². The van der Waals surface area contributed by atoms with Crippen molar-refractivity contribution < 1.29 is 19.4 Å². The molecule has 0 heterocycles. The summed E-state index contributed by atoms with van der Waals surface area (Å²) in [6, 6.07) is 0. The molecule has 0 fully saturated rings. The molecule has 150 valence electrons. The molecule has 0 aromatic carbocycles. The predicted octanol–water partition coefficient (Wildman–Crippen LogP) is 6.21. The number of hydrogen-bond donors (Lipinski definition) is 1. The maximum atomic E-state index is 11.7. The van der Waals surface area contributed by atoms with E-state index in [0.29, 0.717) is 19.3 Å². The molecule has 26 heavy (non-hydrogen) atoms. The summed E-state index contributed by atoms with van der Waals surface area (Å²) in [5.74, 6) is -1.72. The fourth-order valence-electron chi connectivity index (χ4n) is 3.07. The Bertz CT molecular complexity index is 428. The maximum absolute atomic E-state index is 11.7. The lowest BCUT2D eigenvalue weighted by atomic mass is 9.90. The summed E-state index contributed by atoms with van der Waals surface area (Å²) in [5, 5.41) is 9.56. The van der Waals surface area contributed by atoms with E-state index in [2.05, 4.69) is 25.7 Å². The lowest BCUT2D eigenvalue weighted by molar-refractivity contribution is -0.177. The van der Waals surface area contributed by atoms with Crippen LogP contribution >= 0.6 is 0 Å². The third-order valence-corrected chi connectivity index (χ3v) is 4.60. The fraction of sp³-hybridized carbons (Fsp3) is 0.727. The van der Waals surface area contributed by atoms with Crippen LogP contribution in [0.3, 0.4) is 0 Å². The molecule has 0 amide bonds. The Balaban J connectivity index is 4.05. The number of esters is 1. The van der Waals surface area contributed by atoms with Crippen LogP contribution in [0.4, 0.5) is 0 Å². The standard InChI is InChI=1S/C22H38O4/c1-4-7-8-9-10-11-12-13-14-15-16-17-19-22(18-5-2,21(24)25)26-20(23)6-3/h6,11-12H,3-5,7-10,13-19H2,1-2H3,(H,24,25)/b12-11-. The summed E-state index contributed by atoms with van der Waals surface area (Å²) < 4.78 is 5.22. The summed E-state index contributed by atoms with van der Waals surface area (Å²) in [6.07, 6.45) is 18.3. The molecule has 0 saturated heterocycles. The molecule has 0 aliphatic carbocycles. The van der Waals surface area contributed by atoms with Crippen LogP contribution in [0.25, 0.3) is 0 Å². The molecule has 0 aromatic rings. The molecule has 1 atom stereocenters. The largest absolute Gasteiger partial charge is 0.478 e. The van der Waals surface area contributed by atoms with Gasteiger partial charge in [0.1, 0.15) is 0 Å². The first-order valence-electron chi connectivity index (χ1n) is 10.3. The minimum Gasteiger partial charge on any atom is -0.478 e. The number of unbranched alkanes of at least 4 members (excludes halogenated alkanes) is 8. The monoisotopic (exact) mass is 366 g/mol. The Labute approximate surface area is 159 Å². The van der Waals surface area contributed by atoms with Crippen molar-refractivity contribution in [1.82, 2.24) is 0 Å². The fourth-order valence-corrected chi connectivity index (χ4v) is 3.07. The van der Waals surface area contributed by atoms with Gasteiger partial charge in [0, 0.05) is 6.08 Å². The van der Waals surface area contributed by atoms with E-state index in [-0.39, 0.29) is 0 Å². The number of carbonyl (C=O) groups excluding carboxylic acids is 1. The summed E-state index contributed by atoms with van der Waals surface area (Å²) >= 11 is 0. The van der Waals surface area contributed by atoms with Crippen molar-refractivity contribution >= 4 is 11.9 Å². The van der Waals surface area contributed by atoms with Crippen LogP contribution in [0, 0.1) is 0 Å². The smallest absolute Gasteiger partial charge is 0.348 e. The topological polar surface area (TPSA) is 63.6 Å². The summed E-state index contributed by atoms with van der Waals surface area (Å²) in [5.41, 5.74) is -1.40. The highest BCUT2D eigenvalue weighted by Gasteiger charge is 2.40. The number of ether oxygens (including phenoxy) is 1. The van der Waals surface area contributed by atoms with Crippen molar-refractivity contribution in [1.29, 1.82) is 0 Å². The average Bonchev–Trinajstić information content (AvgIpc) is 2.62. The summed E-state index contributed by atoms with van der Waals surface area (Å²) in [4.78, 5) is 23.2. The number of carboxylic acids is 1. The van der Waals surface area contributed by atoms with Crippen molar-refractivity contribution in [2.24, 2.45) is 0 Å². The maximum Gasteiger partial charge on any atom is 0.348 e. The Morgan fingerprint density at radius 2 is 1.46 bits per heavy atom. The first kappa shape index (κ1) is 24.4. The van der Waals surface area contributed by atoms with Crippen LogP contribution in [-0.4, -0.2) is 22.6 Å². The molecule has 4 nitrogen and oxygen atoms in total. The van der Waals surface area contributed by atoms with Gasteiger partial charge in [0.15, 0.2) is 0 Å². The van der Waals surface area contributed by atoms with Crippen LogP contribution in [0.1, 0.15) is 97.3 Å².